The predicted molar refractivity (Wildman–Crippen MR) is 135 cm³/mol. The molecular formula is C27H32N4O3. The van der Waals surface area contributed by atoms with Crippen LogP contribution in [0.2, 0.25) is 0 Å². The third kappa shape index (κ3) is 6.13. The highest BCUT2D eigenvalue weighted by Crippen LogP contribution is 2.19. The van der Waals surface area contributed by atoms with Crippen molar-refractivity contribution in [3.63, 3.8) is 0 Å². The summed E-state index contributed by atoms with van der Waals surface area (Å²) in [4.78, 5) is 42.8. The van der Waals surface area contributed by atoms with Gasteiger partial charge in [0.25, 0.3) is 0 Å². The van der Waals surface area contributed by atoms with E-state index in [0.29, 0.717) is 6.42 Å². The lowest BCUT2D eigenvalue weighted by molar-refractivity contribution is -0.142. The second-order valence-electron chi connectivity index (χ2n) is 8.71. The third-order valence-electron chi connectivity index (χ3n) is 5.79. The van der Waals surface area contributed by atoms with E-state index in [-0.39, 0.29) is 23.6 Å². The highest BCUT2D eigenvalue weighted by Gasteiger charge is 2.33. The first-order valence-electron chi connectivity index (χ1n) is 11.4. The molecule has 0 spiro atoms. The minimum absolute atomic E-state index is 0.124. The number of H-pyrrole nitrogens is 1. The quantitative estimate of drug-likeness (QED) is 0.456. The Morgan fingerprint density at radius 1 is 1.03 bits per heavy atom. The van der Waals surface area contributed by atoms with Gasteiger partial charge in [-0.2, -0.15) is 0 Å². The van der Waals surface area contributed by atoms with Crippen molar-refractivity contribution in [1.29, 1.82) is 0 Å². The molecule has 2 atom stereocenters. The number of fused-ring (bicyclic) bond motifs is 1. The molecule has 3 rings (SSSR count). The van der Waals surface area contributed by atoms with Crippen LogP contribution in [-0.2, 0) is 20.8 Å². The molecule has 0 aliphatic heterocycles. The Morgan fingerprint density at radius 2 is 1.71 bits per heavy atom. The molecule has 0 radical (unpaired) electrons. The van der Waals surface area contributed by atoms with Crippen LogP contribution >= 0.6 is 0 Å². The van der Waals surface area contributed by atoms with Crippen LogP contribution in [-0.4, -0.2) is 46.7 Å². The molecule has 34 heavy (non-hydrogen) atoms. The van der Waals surface area contributed by atoms with E-state index in [1.54, 1.807) is 13.2 Å². The zero-order valence-electron chi connectivity index (χ0n) is 20.0. The number of nitrogens with one attached hydrogen (secondary N) is 3. The molecule has 7 heteroatoms. The average molecular weight is 461 g/mol. The van der Waals surface area contributed by atoms with Crippen LogP contribution in [0.5, 0.6) is 0 Å². The van der Waals surface area contributed by atoms with Gasteiger partial charge in [-0.3, -0.25) is 14.4 Å². The van der Waals surface area contributed by atoms with E-state index in [9.17, 15) is 14.4 Å². The van der Waals surface area contributed by atoms with Gasteiger partial charge in [-0.1, -0.05) is 62.4 Å². The van der Waals surface area contributed by atoms with Gasteiger partial charge in [0.05, 0.1) is 0 Å². The van der Waals surface area contributed by atoms with Gasteiger partial charge in [-0.15, -0.1) is 0 Å². The number of hydrogen-bond donors (Lipinski definition) is 3. The number of nitrogens with zero attached hydrogens (tertiary/aromatic N) is 1. The van der Waals surface area contributed by atoms with E-state index in [4.69, 9.17) is 0 Å². The predicted octanol–water partition coefficient (Wildman–Crippen LogP) is 3.49. The maximum absolute atomic E-state index is 13.3. The lowest BCUT2D eigenvalue weighted by Gasteiger charge is -2.32. The van der Waals surface area contributed by atoms with E-state index >= 15 is 0 Å². The summed E-state index contributed by atoms with van der Waals surface area (Å²) in [5.74, 6) is -1.02. The minimum atomic E-state index is -0.752. The fourth-order valence-corrected chi connectivity index (χ4v) is 3.89. The molecule has 1 heterocycles. The molecule has 3 aromatic rings. The zero-order chi connectivity index (χ0) is 24.7. The summed E-state index contributed by atoms with van der Waals surface area (Å²) < 4.78 is 0. The Balaban J connectivity index is 1.80. The van der Waals surface area contributed by atoms with Crippen molar-refractivity contribution in [1.82, 2.24) is 20.5 Å². The lowest BCUT2D eigenvalue weighted by atomic mass is 9.99. The number of carbonyl (C=O) groups excluding carboxylic acids is 3. The molecule has 0 aliphatic carbocycles. The maximum Gasteiger partial charge on any atom is 0.247 e. The van der Waals surface area contributed by atoms with Crippen molar-refractivity contribution in [2.24, 2.45) is 5.92 Å². The van der Waals surface area contributed by atoms with Crippen LogP contribution in [0, 0.1) is 5.92 Å². The van der Waals surface area contributed by atoms with Crippen molar-refractivity contribution in [3.05, 3.63) is 78.1 Å². The van der Waals surface area contributed by atoms with Crippen LogP contribution in [0.4, 0.5) is 0 Å². The molecule has 2 unspecified atom stereocenters. The monoisotopic (exact) mass is 460 g/mol. The van der Waals surface area contributed by atoms with Gasteiger partial charge in [-0.25, -0.2) is 0 Å². The van der Waals surface area contributed by atoms with Crippen molar-refractivity contribution in [2.75, 3.05) is 7.05 Å². The molecule has 0 saturated carbocycles. The molecule has 3 N–H and O–H groups in total. The second-order valence-corrected chi connectivity index (χ2v) is 8.71. The molecular weight excluding hydrogens is 428 g/mol. The van der Waals surface area contributed by atoms with Gasteiger partial charge in [0, 0.05) is 49.3 Å². The van der Waals surface area contributed by atoms with Crippen molar-refractivity contribution < 1.29 is 14.4 Å². The Kier molecular flexibility index (Phi) is 8.24. The summed E-state index contributed by atoms with van der Waals surface area (Å²) in [6.07, 6.45) is 5.65. The van der Waals surface area contributed by atoms with Crippen molar-refractivity contribution in [3.8, 4) is 0 Å². The molecule has 0 bridgehead atoms. The van der Waals surface area contributed by atoms with Gasteiger partial charge >= 0.3 is 0 Å². The summed E-state index contributed by atoms with van der Waals surface area (Å²) in [7, 11) is 1.61. The van der Waals surface area contributed by atoms with Gasteiger partial charge in [0.1, 0.15) is 12.1 Å². The topological polar surface area (TPSA) is 94.3 Å². The highest BCUT2D eigenvalue weighted by atomic mass is 16.2. The minimum Gasteiger partial charge on any atom is -0.361 e. The Hall–Kier alpha value is -3.87. The summed E-state index contributed by atoms with van der Waals surface area (Å²) in [6, 6.07) is 16.0. The number of hydrogen-bond acceptors (Lipinski definition) is 3. The molecule has 1 aromatic heterocycles. The standard InChI is InChI=1S/C27H32N4O3/c1-18(2)25(30-19(3)32)27(34)31(4)24(16-20-10-6-5-7-11-20)26(33)28-15-14-21-17-29-23-13-9-8-12-22(21)23/h5-15,17-18,24-25,29H,16H2,1-4H3,(H,28,33)(H,30,32)/b15-14-. The summed E-state index contributed by atoms with van der Waals surface area (Å²) in [6.45, 7) is 5.11. The van der Waals surface area contributed by atoms with Gasteiger partial charge in [0.15, 0.2) is 0 Å². The number of rotatable bonds is 9. The lowest BCUT2D eigenvalue weighted by Crippen LogP contribution is -2.55. The fraction of sp³-hybridized carbons (Fsp3) is 0.296. The molecule has 0 aliphatic rings. The zero-order valence-corrected chi connectivity index (χ0v) is 20.0. The summed E-state index contributed by atoms with van der Waals surface area (Å²) in [5, 5.41) is 6.61. The number of likely N-dealkylation sites (N-methyl/N-ethyl adjacent to an activating group) is 1. The normalized spacial score (nSPS) is 13.1. The SMILES string of the molecule is CC(=O)NC(C(=O)N(C)C(Cc1ccccc1)C(=O)N/C=C\c1c[nH]c2ccccc12)C(C)C. The Bertz CT molecular complexity index is 1170. The maximum atomic E-state index is 13.3. The highest BCUT2D eigenvalue weighted by molar-refractivity contribution is 5.93. The van der Waals surface area contributed by atoms with E-state index in [1.165, 1.54) is 11.8 Å². The number of amides is 3. The summed E-state index contributed by atoms with van der Waals surface area (Å²) in [5.41, 5.74) is 2.90. The van der Waals surface area contributed by atoms with Crippen LogP contribution < -0.4 is 10.6 Å². The van der Waals surface area contributed by atoms with Gasteiger partial charge in [0.2, 0.25) is 17.7 Å². The third-order valence-corrected chi connectivity index (χ3v) is 5.79. The largest absolute Gasteiger partial charge is 0.361 e. The van der Waals surface area contributed by atoms with E-state index in [2.05, 4.69) is 15.6 Å². The Labute approximate surface area is 200 Å². The van der Waals surface area contributed by atoms with Crippen molar-refractivity contribution >= 4 is 34.7 Å². The first-order valence-corrected chi connectivity index (χ1v) is 11.4. The molecule has 0 saturated heterocycles. The molecule has 7 nitrogen and oxygen atoms in total. The fourth-order valence-electron chi connectivity index (χ4n) is 3.89. The number of aromatic amines is 1. The number of para-hydroxylation sites is 1. The van der Waals surface area contributed by atoms with Crippen LogP contribution in [0.1, 0.15) is 31.9 Å². The number of benzene rings is 2. The summed E-state index contributed by atoms with van der Waals surface area (Å²) >= 11 is 0. The smallest absolute Gasteiger partial charge is 0.247 e. The number of carbonyl (C=O) groups is 3. The van der Waals surface area contributed by atoms with Crippen LogP contribution in [0.15, 0.2) is 67.0 Å². The molecule has 0 fully saturated rings. The Morgan fingerprint density at radius 3 is 2.38 bits per heavy atom. The first-order chi connectivity index (χ1) is 16.3. The van der Waals surface area contributed by atoms with Crippen LogP contribution in [0.3, 0.4) is 0 Å². The molecule has 3 amide bonds. The molecule has 178 valence electrons. The molecule has 2 aromatic carbocycles. The van der Waals surface area contributed by atoms with E-state index in [1.807, 2.05) is 80.7 Å². The second kappa shape index (κ2) is 11.3. The van der Waals surface area contributed by atoms with Gasteiger partial charge in [-0.05, 0) is 23.6 Å². The van der Waals surface area contributed by atoms with E-state index in [0.717, 1.165) is 22.0 Å². The number of aromatic nitrogens is 1. The average Bonchev–Trinajstić information content (AvgIpc) is 3.23. The van der Waals surface area contributed by atoms with Crippen LogP contribution in [0.25, 0.3) is 17.0 Å². The van der Waals surface area contributed by atoms with Gasteiger partial charge < -0.3 is 20.5 Å². The van der Waals surface area contributed by atoms with Crippen molar-refractivity contribution in [2.45, 2.75) is 39.3 Å². The first kappa shape index (κ1) is 24.8. The van der Waals surface area contributed by atoms with E-state index < -0.39 is 12.1 Å².